The van der Waals surface area contributed by atoms with E-state index >= 15 is 0 Å². The Morgan fingerprint density at radius 1 is 1.29 bits per heavy atom. The number of nitrogens with one attached hydrogen (secondary N) is 2. The minimum absolute atomic E-state index is 0.189. The second kappa shape index (κ2) is 5.41. The molecule has 0 aliphatic carbocycles. The number of nitrogens with zero attached hydrogens (tertiary/aromatic N) is 2. The molecule has 0 spiro atoms. The molecular weight excluding hydrogens is 264 g/mol. The van der Waals surface area contributed by atoms with E-state index in [2.05, 4.69) is 21.6 Å². The van der Waals surface area contributed by atoms with E-state index in [0.717, 1.165) is 11.3 Å². The molecule has 0 aliphatic heterocycles. The molecule has 1 amide bonds. The Morgan fingerprint density at radius 3 is 2.38 bits per heavy atom. The van der Waals surface area contributed by atoms with E-state index < -0.39 is 5.41 Å². The molecule has 1 aromatic carbocycles. The zero-order valence-corrected chi connectivity index (χ0v) is 12.6. The summed E-state index contributed by atoms with van der Waals surface area (Å²) in [7, 11) is 0. The van der Waals surface area contributed by atoms with Crippen molar-refractivity contribution in [2.75, 3.05) is 5.32 Å². The lowest BCUT2D eigenvalue weighted by Gasteiger charge is -2.16. The molecule has 0 aliphatic rings. The van der Waals surface area contributed by atoms with E-state index in [4.69, 9.17) is 5.26 Å². The molecule has 21 heavy (non-hydrogen) atoms. The lowest BCUT2D eigenvalue weighted by molar-refractivity contribution is 0.102. The number of aromatic nitrogens is 2. The number of carbonyl (C=O) groups is 1. The molecule has 108 valence electrons. The van der Waals surface area contributed by atoms with Crippen molar-refractivity contribution in [2.24, 2.45) is 0 Å². The molecule has 5 nitrogen and oxygen atoms in total. The van der Waals surface area contributed by atoms with Crippen LogP contribution in [0.4, 0.5) is 5.69 Å². The molecule has 0 saturated heterocycles. The van der Waals surface area contributed by atoms with Crippen LogP contribution in [0.25, 0.3) is 0 Å². The van der Waals surface area contributed by atoms with E-state index in [1.54, 1.807) is 19.1 Å². The van der Waals surface area contributed by atoms with E-state index in [1.165, 1.54) is 0 Å². The summed E-state index contributed by atoms with van der Waals surface area (Å²) in [6.45, 7) is 7.32. The predicted molar refractivity (Wildman–Crippen MR) is 81.1 cm³/mol. The smallest absolute Gasteiger partial charge is 0.259 e. The fourth-order valence-electron chi connectivity index (χ4n) is 2.11. The van der Waals surface area contributed by atoms with Crippen LogP contribution in [0.2, 0.25) is 0 Å². The van der Waals surface area contributed by atoms with Gasteiger partial charge in [0.2, 0.25) is 0 Å². The topological polar surface area (TPSA) is 81.6 Å². The lowest BCUT2D eigenvalue weighted by atomic mass is 9.86. The maximum Gasteiger partial charge on any atom is 0.259 e. The van der Waals surface area contributed by atoms with Gasteiger partial charge in [0, 0.05) is 11.4 Å². The summed E-state index contributed by atoms with van der Waals surface area (Å²) in [6, 6.07) is 9.57. The number of aryl methyl sites for hydroxylation is 2. The molecule has 0 radical (unpaired) electrons. The van der Waals surface area contributed by atoms with Gasteiger partial charge >= 0.3 is 0 Å². The number of rotatable bonds is 3. The summed E-state index contributed by atoms with van der Waals surface area (Å²) in [5, 5.41) is 18.8. The second-order valence-electron chi connectivity index (χ2n) is 5.58. The number of benzene rings is 1. The van der Waals surface area contributed by atoms with Gasteiger partial charge in [-0.1, -0.05) is 12.1 Å². The van der Waals surface area contributed by atoms with Gasteiger partial charge < -0.3 is 5.32 Å². The predicted octanol–water partition coefficient (Wildman–Crippen LogP) is 3.08. The van der Waals surface area contributed by atoms with Crippen molar-refractivity contribution < 1.29 is 4.79 Å². The first-order valence-electron chi connectivity index (χ1n) is 6.70. The van der Waals surface area contributed by atoms with Crippen molar-refractivity contribution >= 4 is 11.6 Å². The molecular formula is C16H18N4O. The average Bonchev–Trinajstić information content (AvgIpc) is 2.78. The lowest BCUT2D eigenvalue weighted by Crippen LogP contribution is -2.15. The summed E-state index contributed by atoms with van der Waals surface area (Å²) in [6.07, 6.45) is 0. The van der Waals surface area contributed by atoms with Gasteiger partial charge in [-0.05, 0) is 45.4 Å². The van der Waals surface area contributed by atoms with Gasteiger partial charge in [0.1, 0.15) is 0 Å². The number of aromatic amines is 1. The van der Waals surface area contributed by atoms with E-state index in [0.29, 0.717) is 16.9 Å². The first-order valence-corrected chi connectivity index (χ1v) is 6.70. The summed E-state index contributed by atoms with van der Waals surface area (Å²) >= 11 is 0. The van der Waals surface area contributed by atoms with Crippen LogP contribution in [0.5, 0.6) is 0 Å². The summed E-state index contributed by atoms with van der Waals surface area (Å²) in [5.74, 6) is -0.189. The third kappa shape index (κ3) is 2.95. The quantitative estimate of drug-likeness (QED) is 0.907. The Morgan fingerprint density at radius 2 is 1.90 bits per heavy atom. The van der Waals surface area contributed by atoms with Crippen LogP contribution in [0.3, 0.4) is 0 Å². The number of hydrogen-bond donors (Lipinski definition) is 2. The standard InChI is InChI=1S/C16H18N4O/c1-10-14(11(2)20-19-10)15(21)18-13-7-5-12(6-8-13)16(3,4)9-17/h5-8H,1-4H3,(H,18,21)(H,19,20). The van der Waals surface area contributed by atoms with Crippen molar-refractivity contribution in [3.05, 3.63) is 46.8 Å². The zero-order chi connectivity index (χ0) is 15.6. The highest BCUT2D eigenvalue weighted by Crippen LogP contribution is 2.24. The van der Waals surface area contributed by atoms with Crippen molar-refractivity contribution in [1.82, 2.24) is 10.2 Å². The number of hydrogen-bond acceptors (Lipinski definition) is 3. The van der Waals surface area contributed by atoms with Crippen LogP contribution < -0.4 is 5.32 Å². The van der Waals surface area contributed by atoms with Gasteiger partial charge in [0.15, 0.2) is 0 Å². The molecule has 0 fully saturated rings. The maximum atomic E-state index is 12.2. The van der Waals surface area contributed by atoms with Crippen LogP contribution >= 0.6 is 0 Å². The fourth-order valence-corrected chi connectivity index (χ4v) is 2.11. The number of anilines is 1. The van der Waals surface area contributed by atoms with E-state index in [9.17, 15) is 4.79 Å². The first kappa shape index (κ1) is 14.8. The van der Waals surface area contributed by atoms with E-state index in [-0.39, 0.29) is 5.91 Å². The van der Waals surface area contributed by atoms with Crippen LogP contribution in [0, 0.1) is 25.2 Å². The number of amides is 1. The van der Waals surface area contributed by atoms with Crippen molar-refractivity contribution in [1.29, 1.82) is 5.26 Å². The van der Waals surface area contributed by atoms with Gasteiger partial charge in [0.05, 0.1) is 22.7 Å². The van der Waals surface area contributed by atoms with Crippen molar-refractivity contribution in [3.8, 4) is 6.07 Å². The largest absolute Gasteiger partial charge is 0.322 e. The first-order chi connectivity index (χ1) is 9.85. The normalized spacial score (nSPS) is 11.0. The minimum atomic E-state index is -0.541. The third-order valence-corrected chi connectivity index (χ3v) is 3.50. The SMILES string of the molecule is Cc1n[nH]c(C)c1C(=O)Nc1ccc(C(C)(C)C#N)cc1. The molecule has 2 rings (SSSR count). The summed E-state index contributed by atoms with van der Waals surface area (Å²) < 4.78 is 0. The number of nitriles is 1. The van der Waals surface area contributed by atoms with Gasteiger partial charge in [-0.2, -0.15) is 10.4 Å². The third-order valence-electron chi connectivity index (χ3n) is 3.50. The van der Waals surface area contributed by atoms with Gasteiger partial charge in [-0.3, -0.25) is 9.89 Å². The van der Waals surface area contributed by atoms with Crippen molar-refractivity contribution in [3.63, 3.8) is 0 Å². The highest BCUT2D eigenvalue weighted by molar-refractivity contribution is 6.05. The molecule has 0 saturated carbocycles. The van der Waals surface area contributed by atoms with Gasteiger partial charge in [-0.15, -0.1) is 0 Å². The number of carbonyl (C=O) groups excluding carboxylic acids is 1. The summed E-state index contributed by atoms with van der Waals surface area (Å²) in [5.41, 5.74) is 3.05. The highest BCUT2D eigenvalue weighted by Gasteiger charge is 2.20. The molecule has 2 N–H and O–H groups in total. The molecule has 0 unspecified atom stereocenters. The monoisotopic (exact) mass is 282 g/mol. The second-order valence-corrected chi connectivity index (χ2v) is 5.58. The molecule has 2 aromatic rings. The average molecular weight is 282 g/mol. The molecule has 1 heterocycles. The van der Waals surface area contributed by atoms with Crippen LogP contribution in [0.1, 0.15) is 41.2 Å². The van der Waals surface area contributed by atoms with Gasteiger partial charge in [0.25, 0.3) is 5.91 Å². The Hall–Kier alpha value is -2.61. The Kier molecular flexibility index (Phi) is 3.81. The summed E-state index contributed by atoms with van der Waals surface area (Å²) in [4.78, 5) is 12.2. The Labute approximate surface area is 124 Å². The molecule has 0 bridgehead atoms. The fraction of sp³-hybridized carbons (Fsp3) is 0.312. The van der Waals surface area contributed by atoms with Gasteiger partial charge in [-0.25, -0.2) is 0 Å². The Bertz CT molecular complexity index is 685. The maximum absolute atomic E-state index is 12.2. The van der Waals surface area contributed by atoms with Crippen LogP contribution in [-0.4, -0.2) is 16.1 Å². The minimum Gasteiger partial charge on any atom is -0.322 e. The zero-order valence-electron chi connectivity index (χ0n) is 12.6. The molecule has 0 atom stereocenters. The molecule has 5 heteroatoms. The highest BCUT2D eigenvalue weighted by atomic mass is 16.1. The van der Waals surface area contributed by atoms with E-state index in [1.807, 2.05) is 32.9 Å². The number of H-pyrrole nitrogens is 1. The van der Waals surface area contributed by atoms with Crippen LogP contribution in [0.15, 0.2) is 24.3 Å². The molecule has 1 aromatic heterocycles. The van der Waals surface area contributed by atoms with Crippen molar-refractivity contribution in [2.45, 2.75) is 33.1 Å². The Balaban J connectivity index is 2.18. The van der Waals surface area contributed by atoms with Crippen LogP contribution in [-0.2, 0) is 5.41 Å².